The summed E-state index contributed by atoms with van der Waals surface area (Å²) in [5.74, 6) is -0.301. The standard InChI is InChI=1S/C16H18N2O4S/c1-2-22-16(21)12-9-23-13-8-11(15(20)18(12)13)17-14(19)10-6-4-3-5-7-10/h3-7,11-13H,2,8-9H2,1H3,(H,17,19)/t11-,12-,13-/m0/s1. The zero-order valence-electron chi connectivity index (χ0n) is 12.7. The molecule has 1 N–H and O–H groups in total. The second-order valence-electron chi connectivity index (χ2n) is 5.43. The highest BCUT2D eigenvalue weighted by atomic mass is 32.2. The van der Waals surface area contributed by atoms with Crippen molar-refractivity contribution in [1.29, 1.82) is 0 Å². The van der Waals surface area contributed by atoms with Crippen LogP contribution < -0.4 is 5.32 Å². The SMILES string of the molecule is CCOC(=O)[C@@H]1CS[C@H]2C[C@H](NC(=O)c3ccccc3)C(=O)N21. The Morgan fingerprint density at radius 3 is 2.78 bits per heavy atom. The van der Waals surface area contributed by atoms with Gasteiger partial charge in [0, 0.05) is 17.7 Å². The molecule has 0 spiro atoms. The number of nitrogens with zero attached hydrogens (tertiary/aromatic N) is 1. The van der Waals surface area contributed by atoms with Gasteiger partial charge in [-0.3, -0.25) is 9.59 Å². The Balaban J connectivity index is 1.67. The van der Waals surface area contributed by atoms with Crippen molar-refractivity contribution in [2.75, 3.05) is 12.4 Å². The molecule has 2 aliphatic rings. The number of carbonyl (C=O) groups excluding carboxylic acids is 3. The number of hydrogen-bond acceptors (Lipinski definition) is 5. The van der Waals surface area contributed by atoms with Crippen LogP contribution in [0.2, 0.25) is 0 Å². The van der Waals surface area contributed by atoms with Gasteiger partial charge in [-0.15, -0.1) is 11.8 Å². The maximum atomic E-state index is 12.6. The summed E-state index contributed by atoms with van der Waals surface area (Å²) in [4.78, 5) is 38.3. The molecular weight excluding hydrogens is 316 g/mol. The van der Waals surface area contributed by atoms with Gasteiger partial charge in [-0.2, -0.15) is 0 Å². The number of thioether (sulfide) groups is 1. The van der Waals surface area contributed by atoms with Gasteiger partial charge in [-0.05, 0) is 19.1 Å². The van der Waals surface area contributed by atoms with Gasteiger partial charge >= 0.3 is 5.97 Å². The number of nitrogens with one attached hydrogen (secondary N) is 1. The number of hydrogen-bond donors (Lipinski definition) is 1. The van der Waals surface area contributed by atoms with Crippen LogP contribution in [-0.4, -0.2) is 52.5 Å². The summed E-state index contributed by atoms with van der Waals surface area (Å²) in [6.45, 7) is 2.03. The number of carbonyl (C=O) groups is 3. The fourth-order valence-corrected chi connectivity index (χ4v) is 4.34. The molecule has 3 atom stereocenters. The van der Waals surface area contributed by atoms with E-state index in [1.807, 2.05) is 6.07 Å². The smallest absolute Gasteiger partial charge is 0.329 e. The largest absolute Gasteiger partial charge is 0.464 e. The molecule has 2 saturated heterocycles. The highest BCUT2D eigenvalue weighted by Crippen LogP contribution is 2.38. The summed E-state index contributed by atoms with van der Waals surface area (Å²) in [5, 5.41) is 2.70. The summed E-state index contributed by atoms with van der Waals surface area (Å²) < 4.78 is 5.03. The van der Waals surface area contributed by atoms with E-state index >= 15 is 0 Å². The monoisotopic (exact) mass is 334 g/mol. The summed E-state index contributed by atoms with van der Waals surface area (Å²) in [5.41, 5.74) is 0.516. The number of fused-ring (bicyclic) bond motifs is 1. The van der Waals surface area contributed by atoms with Crippen molar-refractivity contribution < 1.29 is 19.1 Å². The third-order valence-electron chi connectivity index (χ3n) is 3.98. The van der Waals surface area contributed by atoms with Gasteiger partial charge in [0.1, 0.15) is 12.1 Å². The minimum atomic E-state index is -0.586. The normalized spacial score (nSPS) is 26.0. The molecule has 0 bridgehead atoms. The number of rotatable bonds is 4. The van der Waals surface area contributed by atoms with E-state index < -0.39 is 12.1 Å². The minimum Gasteiger partial charge on any atom is -0.464 e. The van der Waals surface area contributed by atoms with Crippen LogP contribution in [0.3, 0.4) is 0 Å². The average molecular weight is 334 g/mol. The van der Waals surface area contributed by atoms with E-state index in [2.05, 4.69) is 5.32 Å². The molecule has 2 amide bonds. The maximum absolute atomic E-state index is 12.6. The molecule has 1 aromatic rings. The third-order valence-corrected chi connectivity index (χ3v) is 5.29. The number of ether oxygens (including phenoxy) is 1. The Hall–Kier alpha value is -2.02. The van der Waals surface area contributed by atoms with Crippen molar-refractivity contribution >= 4 is 29.5 Å². The van der Waals surface area contributed by atoms with Gasteiger partial charge in [-0.1, -0.05) is 18.2 Å². The Morgan fingerprint density at radius 1 is 1.35 bits per heavy atom. The van der Waals surface area contributed by atoms with Gasteiger partial charge in [0.15, 0.2) is 0 Å². The van der Waals surface area contributed by atoms with Crippen LogP contribution >= 0.6 is 11.8 Å². The number of amides is 2. The molecule has 3 rings (SSSR count). The molecule has 0 aliphatic carbocycles. The van der Waals surface area contributed by atoms with Crippen LogP contribution in [0.15, 0.2) is 30.3 Å². The van der Waals surface area contributed by atoms with Crippen molar-refractivity contribution in [2.45, 2.75) is 30.8 Å². The fraction of sp³-hybridized carbons (Fsp3) is 0.438. The Kier molecular flexibility index (Phi) is 4.56. The lowest BCUT2D eigenvalue weighted by molar-refractivity contribution is -0.152. The van der Waals surface area contributed by atoms with Crippen molar-refractivity contribution in [3.8, 4) is 0 Å². The Bertz CT molecular complexity index is 622. The van der Waals surface area contributed by atoms with E-state index in [0.717, 1.165) is 0 Å². The molecule has 23 heavy (non-hydrogen) atoms. The van der Waals surface area contributed by atoms with Crippen LogP contribution in [0, 0.1) is 0 Å². The van der Waals surface area contributed by atoms with Crippen LogP contribution in [-0.2, 0) is 14.3 Å². The number of esters is 1. The molecule has 2 heterocycles. The Labute approximate surface area is 138 Å². The van der Waals surface area contributed by atoms with Crippen molar-refractivity contribution in [2.24, 2.45) is 0 Å². The zero-order valence-corrected chi connectivity index (χ0v) is 13.5. The first kappa shape index (κ1) is 15.9. The molecule has 7 heteroatoms. The van der Waals surface area contributed by atoms with Crippen LogP contribution in [0.25, 0.3) is 0 Å². The van der Waals surface area contributed by atoms with E-state index in [1.165, 1.54) is 0 Å². The average Bonchev–Trinajstić information content (AvgIpc) is 3.10. The van der Waals surface area contributed by atoms with Crippen LogP contribution in [0.4, 0.5) is 0 Å². The van der Waals surface area contributed by atoms with E-state index in [4.69, 9.17) is 4.74 Å². The van der Waals surface area contributed by atoms with Crippen molar-refractivity contribution in [1.82, 2.24) is 10.2 Å². The third kappa shape index (κ3) is 3.06. The van der Waals surface area contributed by atoms with E-state index in [-0.39, 0.29) is 23.2 Å². The van der Waals surface area contributed by atoms with Crippen molar-refractivity contribution in [3.05, 3.63) is 35.9 Å². The lowest BCUT2D eigenvalue weighted by Crippen LogP contribution is -2.47. The molecule has 6 nitrogen and oxygen atoms in total. The van der Waals surface area contributed by atoms with Gasteiger partial charge < -0.3 is 15.0 Å². The quantitative estimate of drug-likeness (QED) is 0.832. The second kappa shape index (κ2) is 6.62. The van der Waals surface area contributed by atoms with E-state index in [1.54, 1.807) is 47.9 Å². The van der Waals surface area contributed by atoms with E-state index in [9.17, 15) is 14.4 Å². The molecule has 2 aliphatic heterocycles. The first-order valence-electron chi connectivity index (χ1n) is 7.58. The Morgan fingerprint density at radius 2 is 2.09 bits per heavy atom. The van der Waals surface area contributed by atoms with Crippen LogP contribution in [0.5, 0.6) is 0 Å². The minimum absolute atomic E-state index is 0.0713. The molecule has 0 radical (unpaired) electrons. The highest BCUT2D eigenvalue weighted by Gasteiger charge is 2.50. The first-order valence-corrected chi connectivity index (χ1v) is 8.63. The van der Waals surface area contributed by atoms with Gasteiger partial charge in [0.2, 0.25) is 5.91 Å². The van der Waals surface area contributed by atoms with Gasteiger partial charge in [0.25, 0.3) is 5.91 Å². The van der Waals surface area contributed by atoms with Gasteiger partial charge in [-0.25, -0.2) is 4.79 Å². The first-order chi connectivity index (χ1) is 11.1. The number of benzene rings is 1. The molecule has 2 fully saturated rings. The van der Waals surface area contributed by atoms with E-state index in [0.29, 0.717) is 24.3 Å². The lowest BCUT2D eigenvalue weighted by Gasteiger charge is -2.22. The molecule has 0 unspecified atom stereocenters. The molecule has 1 aromatic carbocycles. The summed E-state index contributed by atoms with van der Waals surface area (Å²) in [7, 11) is 0. The predicted molar refractivity (Wildman–Crippen MR) is 85.8 cm³/mol. The zero-order chi connectivity index (χ0) is 16.4. The summed E-state index contributed by atoms with van der Waals surface area (Å²) in [6.07, 6.45) is 0.512. The topological polar surface area (TPSA) is 75.7 Å². The predicted octanol–water partition coefficient (Wildman–Crippen LogP) is 1.02. The van der Waals surface area contributed by atoms with Gasteiger partial charge in [0.05, 0.1) is 12.0 Å². The summed E-state index contributed by atoms with van der Waals surface area (Å²) >= 11 is 1.56. The highest BCUT2D eigenvalue weighted by molar-refractivity contribution is 8.00. The molecule has 0 aromatic heterocycles. The molecule has 0 saturated carbocycles. The molecule has 122 valence electrons. The summed E-state index contributed by atoms with van der Waals surface area (Å²) in [6, 6.07) is 7.65. The second-order valence-corrected chi connectivity index (χ2v) is 6.64. The lowest BCUT2D eigenvalue weighted by atomic mass is 10.2. The molecular formula is C16H18N2O4S. The maximum Gasteiger partial charge on any atom is 0.329 e. The fourth-order valence-electron chi connectivity index (χ4n) is 2.89. The van der Waals surface area contributed by atoms with Crippen LogP contribution in [0.1, 0.15) is 23.7 Å². The van der Waals surface area contributed by atoms with Crippen molar-refractivity contribution in [3.63, 3.8) is 0 Å².